The van der Waals surface area contributed by atoms with E-state index in [1.54, 1.807) is 6.07 Å². The van der Waals surface area contributed by atoms with Gasteiger partial charge in [0.1, 0.15) is 18.8 Å². The number of thiazole rings is 1. The number of ether oxygens (including phenoxy) is 2. The number of fused-ring (bicyclic) bond motifs is 3. The van der Waals surface area contributed by atoms with Crippen molar-refractivity contribution in [1.29, 1.82) is 0 Å². The lowest BCUT2D eigenvalue weighted by Gasteiger charge is -2.17. The average Bonchev–Trinajstić information content (AvgIpc) is 3.22. The number of amides is 1. The second-order valence-corrected chi connectivity index (χ2v) is 6.62. The summed E-state index contributed by atoms with van der Waals surface area (Å²) in [5, 5.41) is 4.18. The fourth-order valence-electron chi connectivity index (χ4n) is 2.77. The summed E-state index contributed by atoms with van der Waals surface area (Å²) >= 11 is 1.38. The quantitative estimate of drug-likeness (QED) is 0.589. The average molecular weight is 352 g/mol. The van der Waals surface area contributed by atoms with E-state index in [4.69, 9.17) is 13.9 Å². The van der Waals surface area contributed by atoms with Gasteiger partial charge in [-0.1, -0.05) is 29.5 Å². The molecule has 2 aromatic heterocycles. The van der Waals surface area contributed by atoms with Crippen molar-refractivity contribution in [2.45, 2.75) is 0 Å². The number of hydrogen-bond acceptors (Lipinski definition) is 6. The van der Waals surface area contributed by atoms with E-state index in [0.29, 0.717) is 35.4 Å². The summed E-state index contributed by atoms with van der Waals surface area (Å²) in [4.78, 5) is 16.9. The monoisotopic (exact) mass is 352 g/mol. The Hall–Kier alpha value is -3.06. The van der Waals surface area contributed by atoms with Crippen LogP contribution in [-0.2, 0) is 0 Å². The van der Waals surface area contributed by atoms with Gasteiger partial charge in [0.15, 0.2) is 22.4 Å². The first-order valence-electron chi connectivity index (χ1n) is 7.76. The van der Waals surface area contributed by atoms with E-state index < -0.39 is 0 Å². The van der Waals surface area contributed by atoms with E-state index in [9.17, 15) is 4.79 Å². The lowest BCUT2D eigenvalue weighted by molar-refractivity contribution is 0.0998. The number of benzene rings is 2. The largest absolute Gasteiger partial charge is 0.486 e. The van der Waals surface area contributed by atoms with Crippen LogP contribution in [0.5, 0.6) is 11.5 Å². The molecule has 0 atom stereocenters. The number of carbonyl (C=O) groups is 1. The lowest BCUT2D eigenvalue weighted by Crippen LogP contribution is -2.15. The third kappa shape index (κ3) is 2.49. The highest BCUT2D eigenvalue weighted by molar-refractivity contribution is 7.22. The smallest absolute Gasteiger partial charge is 0.293 e. The number of furan rings is 1. The van der Waals surface area contributed by atoms with Crippen LogP contribution in [0.25, 0.3) is 21.2 Å². The number of nitrogens with zero attached hydrogens (tertiary/aromatic N) is 1. The van der Waals surface area contributed by atoms with Crippen LogP contribution in [0.2, 0.25) is 0 Å². The van der Waals surface area contributed by atoms with Gasteiger partial charge in [-0.15, -0.1) is 0 Å². The first-order chi connectivity index (χ1) is 12.3. The van der Waals surface area contributed by atoms with Gasteiger partial charge in [-0.2, -0.15) is 0 Å². The van der Waals surface area contributed by atoms with Crippen molar-refractivity contribution in [3.63, 3.8) is 0 Å². The van der Waals surface area contributed by atoms with Crippen LogP contribution < -0.4 is 14.8 Å². The predicted octanol–water partition coefficient (Wildman–Crippen LogP) is 4.07. The summed E-state index contributed by atoms with van der Waals surface area (Å²) in [6.45, 7) is 1.06. The molecule has 6 nitrogen and oxygen atoms in total. The molecule has 25 heavy (non-hydrogen) atoms. The van der Waals surface area contributed by atoms with Crippen LogP contribution in [0.1, 0.15) is 10.6 Å². The molecule has 0 radical (unpaired) electrons. The fraction of sp³-hybridized carbons (Fsp3) is 0.111. The number of aromatic nitrogens is 1. The van der Waals surface area contributed by atoms with Gasteiger partial charge in [-0.25, -0.2) is 4.98 Å². The van der Waals surface area contributed by atoms with Crippen LogP contribution in [0.3, 0.4) is 0 Å². The molecule has 0 fully saturated rings. The topological polar surface area (TPSA) is 73.6 Å². The van der Waals surface area contributed by atoms with Crippen molar-refractivity contribution in [3.05, 3.63) is 48.2 Å². The molecule has 0 aliphatic carbocycles. The van der Waals surface area contributed by atoms with E-state index >= 15 is 0 Å². The van der Waals surface area contributed by atoms with Gasteiger partial charge in [0.2, 0.25) is 0 Å². The van der Waals surface area contributed by atoms with E-state index in [2.05, 4.69) is 10.3 Å². The molecule has 0 unspecified atom stereocenters. The van der Waals surface area contributed by atoms with Gasteiger partial charge in [0, 0.05) is 17.5 Å². The van der Waals surface area contributed by atoms with E-state index in [-0.39, 0.29) is 11.7 Å². The molecule has 1 aliphatic heterocycles. The first kappa shape index (κ1) is 14.3. The summed E-state index contributed by atoms with van der Waals surface area (Å²) in [5.41, 5.74) is 1.44. The Bertz CT molecular complexity index is 1040. The molecule has 7 heteroatoms. The molecule has 2 aromatic carbocycles. The van der Waals surface area contributed by atoms with Crippen molar-refractivity contribution in [2.24, 2.45) is 0 Å². The second-order valence-electron chi connectivity index (χ2n) is 5.59. The van der Waals surface area contributed by atoms with Gasteiger partial charge in [-0.3, -0.25) is 10.1 Å². The Morgan fingerprint density at radius 1 is 1.08 bits per heavy atom. The molecule has 0 spiro atoms. The van der Waals surface area contributed by atoms with Crippen LogP contribution in [0.15, 0.2) is 46.9 Å². The van der Waals surface area contributed by atoms with E-state index in [0.717, 1.165) is 15.6 Å². The number of anilines is 1. The lowest BCUT2D eigenvalue weighted by atomic mass is 10.2. The van der Waals surface area contributed by atoms with Gasteiger partial charge < -0.3 is 13.9 Å². The van der Waals surface area contributed by atoms with Gasteiger partial charge in [-0.05, 0) is 12.1 Å². The Balaban J connectivity index is 1.45. The molecule has 0 saturated carbocycles. The number of rotatable bonds is 2. The maximum absolute atomic E-state index is 12.4. The zero-order chi connectivity index (χ0) is 16.8. The highest BCUT2D eigenvalue weighted by Crippen LogP contribution is 2.38. The summed E-state index contributed by atoms with van der Waals surface area (Å²) in [6.07, 6.45) is 0. The molecule has 1 amide bonds. The van der Waals surface area contributed by atoms with Gasteiger partial charge in [0.25, 0.3) is 5.91 Å². The first-order valence-corrected chi connectivity index (χ1v) is 8.58. The molecule has 5 rings (SSSR count). The standard InChI is InChI=1S/C18H12N2O4S/c21-17(15-7-10-3-1-2-4-12(10)24-15)20-18-19-11-8-13-14(9-16(11)25-18)23-6-5-22-13/h1-4,7-9H,5-6H2,(H,19,20,21). The van der Waals surface area contributed by atoms with Crippen molar-refractivity contribution in [2.75, 3.05) is 18.5 Å². The normalized spacial score (nSPS) is 13.3. The number of hydrogen-bond donors (Lipinski definition) is 1. The van der Waals surface area contributed by atoms with Crippen molar-refractivity contribution in [1.82, 2.24) is 4.98 Å². The highest BCUT2D eigenvalue weighted by atomic mass is 32.1. The summed E-state index contributed by atoms with van der Waals surface area (Å²) in [6, 6.07) is 12.9. The minimum atomic E-state index is -0.326. The summed E-state index contributed by atoms with van der Waals surface area (Å²) in [5.74, 6) is 1.32. The molecule has 1 aliphatic rings. The third-order valence-electron chi connectivity index (χ3n) is 3.92. The van der Waals surface area contributed by atoms with E-state index in [1.807, 2.05) is 36.4 Å². The molecule has 1 N–H and O–H groups in total. The van der Waals surface area contributed by atoms with Crippen molar-refractivity contribution >= 4 is 43.6 Å². The molecular weight excluding hydrogens is 340 g/mol. The summed E-state index contributed by atoms with van der Waals surface area (Å²) in [7, 11) is 0. The maximum atomic E-state index is 12.4. The molecule has 0 saturated heterocycles. The Labute approximate surface area is 146 Å². The third-order valence-corrected chi connectivity index (χ3v) is 4.86. The van der Waals surface area contributed by atoms with Crippen molar-refractivity contribution < 1.29 is 18.7 Å². The zero-order valence-corrected chi connectivity index (χ0v) is 13.8. The second kappa shape index (κ2) is 5.49. The highest BCUT2D eigenvalue weighted by Gasteiger charge is 2.17. The maximum Gasteiger partial charge on any atom is 0.293 e. The predicted molar refractivity (Wildman–Crippen MR) is 94.8 cm³/mol. The number of carbonyl (C=O) groups excluding carboxylic acids is 1. The minimum Gasteiger partial charge on any atom is -0.486 e. The molecule has 4 aromatic rings. The van der Waals surface area contributed by atoms with Crippen LogP contribution in [0.4, 0.5) is 5.13 Å². The van der Waals surface area contributed by atoms with Gasteiger partial charge in [0.05, 0.1) is 10.2 Å². The number of para-hydroxylation sites is 1. The number of nitrogens with one attached hydrogen (secondary N) is 1. The Morgan fingerprint density at radius 3 is 2.72 bits per heavy atom. The fourth-order valence-corrected chi connectivity index (χ4v) is 3.64. The van der Waals surface area contributed by atoms with Crippen LogP contribution >= 0.6 is 11.3 Å². The zero-order valence-electron chi connectivity index (χ0n) is 12.9. The van der Waals surface area contributed by atoms with Crippen molar-refractivity contribution in [3.8, 4) is 11.5 Å². The van der Waals surface area contributed by atoms with Crippen LogP contribution in [-0.4, -0.2) is 24.1 Å². The SMILES string of the molecule is O=C(Nc1nc2cc3c(cc2s1)OCCO3)c1cc2ccccc2o1. The molecule has 124 valence electrons. The minimum absolute atomic E-state index is 0.256. The van der Waals surface area contributed by atoms with Gasteiger partial charge >= 0.3 is 0 Å². The Morgan fingerprint density at radius 2 is 1.88 bits per heavy atom. The summed E-state index contributed by atoms with van der Waals surface area (Å²) < 4.78 is 17.6. The van der Waals surface area contributed by atoms with E-state index in [1.165, 1.54) is 11.3 Å². The molecular formula is C18H12N2O4S. The molecule has 0 bridgehead atoms. The Kier molecular flexibility index (Phi) is 3.14. The molecule has 3 heterocycles. The van der Waals surface area contributed by atoms with Crippen LogP contribution in [0, 0.1) is 0 Å².